The molecule has 0 spiro atoms. The molecule has 0 aromatic heterocycles. The van der Waals surface area contributed by atoms with E-state index in [1.54, 1.807) is 0 Å². The monoisotopic (exact) mass is 380 g/mol. The van der Waals surface area contributed by atoms with Crippen molar-refractivity contribution in [3.05, 3.63) is 59.2 Å². The maximum absolute atomic E-state index is 12.7. The number of carbonyl (C=O) groups is 1. The standard InChI is InChI=1S/C23H28N2O3/c1-2-27-21-6-3-18(4-7-21)17-24-10-12-25(13-11-24)23(26)16-19-5-8-22-20(15-19)9-14-28-22/h3-8,15H,2,9-14,16-17H2,1H3. The molecule has 2 heterocycles. The smallest absolute Gasteiger partial charge is 0.227 e. The highest BCUT2D eigenvalue weighted by atomic mass is 16.5. The largest absolute Gasteiger partial charge is 0.494 e. The minimum Gasteiger partial charge on any atom is -0.494 e. The van der Waals surface area contributed by atoms with Gasteiger partial charge >= 0.3 is 0 Å². The van der Waals surface area contributed by atoms with Crippen LogP contribution < -0.4 is 9.47 Å². The Bertz CT molecular complexity index is 811. The van der Waals surface area contributed by atoms with E-state index in [-0.39, 0.29) is 5.91 Å². The van der Waals surface area contributed by atoms with Crippen LogP contribution in [0.2, 0.25) is 0 Å². The molecule has 1 saturated heterocycles. The quantitative estimate of drug-likeness (QED) is 0.773. The third-order valence-corrected chi connectivity index (χ3v) is 5.47. The number of fused-ring (bicyclic) bond motifs is 1. The second kappa shape index (κ2) is 8.65. The molecule has 0 radical (unpaired) electrons. The van der Waals surface area contributed by atoms with E-state index >= 15 is 0 Å². The van der Waals surface area contributed by atoms with Gasteiger partial charge in [-0.15, -0.1) is 0 Å². The lowest BCUT2D eigenvalue weighted by Crippen LogP contribution is -2.48. The topological polar surface area (TPSA) is 42.0 Å². The third-order valence-electron chi connectivity index (χ3n) is 5.47. The fourth-order valence-corrected chi connectivity index (χ4v) is 3.91. The van der Waals surface area contributed by atoms with E-state index in [1.807, 2.05) is 36.1 Å². The van der Waals surface area contributed by atoms with E-state index in [2.05, 4.69) is 23.1 Å². The van der Waals surface area contributed by atoms with E-state index in [0.717, 1.165) is 62.8 Å². The molecule has 0 saturated carbocycles. The van der Waals surface area contributed by atoms with Gasteiger partial charge in [-0.3, -0.25) is 9.69 Å². The molecule has 0 unspecified atom stereocenters. The first-order valence-corrected chi connectivity index (χ1v) is 10.2. The molecule has 5 heteroatoms. The number of carbonyl (C=O) groups excluding carboxylic acids is 1. The van der Waals surface area contributed by atoms with Crippen LogP contribution in [-0.4, -0.2) is 55.1 Å². The van der Waals surface area contributed by atoms with Crippen LogP contribution in [0.15, 0.2) is 42.5 Å². The summed E-state index contributed by atoms with van der Waals surface area (Å²) in [5, 5.41) is 0. The summed E-state index contributed by atoms with van der Waals surface area (Å²) >= 11 is 0. The maximum atomic E-state index is 12.7. The van der Waals surface area contributed by atoms with Gasteiger partial charge in [0, 0.05) is 39.1 Å². The number of hydrogen-bond acceptors (Lipinski definition) is 4. The van der Waals surface area contributed by atoms with E-state index < -0.39 is 0 Å². The number of ether oxygens (including phenoxy) is 2. The number of nitrogens with zero attached hydrogens (tertiary/aromatic N) is 2. The molecular weight excluding hydrogens is 352 g/mol. The van der Waals surface area contributed by atoms with Crippen molar-refractivity contribution in [1.82, 2.24) is 9.80 Å². The summed E-state index contributed by atoms with van der Waals surface area (Å²) in [5.41, 5.74) is 3.60. The van der Waals surface area contributed by atoms with Crippen molar-refractivity contribution < 1.29 is 14.3 Å². The van der Waals surface area contributed by atoms with Gasteiger partial charge in [-0.05, 0) is 41.8 Å². The number of benzene rings is 2. The SMILES string of the molecule is CCOc1ccc(CN2CCN(C(=O)Cc3ccc4c(c3)CCO4)CC2)cc1. The predicted octanol–water partition coefficient (Wildman–Crippen LogP) is 2.91. The molecule has 1 fully saturated rings. The lowest BCUT2D eigenvalue weighted by molar-refractivity contribution is -0.132. The molecule has 5 nitrogen and oxygen atoms in total. The number of rotatable bonds is 6. The van der Waals surface area contributed by atoms with E-state index in [0.29, 0.717) is 13.0 Å². The summed E-state index contributed by atoms with van der Waals surface area (Å²) in [4.78, 5) is 17.1. The highest BCUT2D eigenvalue weighted by molar-refractivity contribution is 5.79. The van der Waals surface area contributed by atoms with Gasteiger partial charge in [-0.25, -0.2) is 0 Å². The van der Waals surface area contributed by atoms with Crippen LogP contribution in [0.5, 0.6) is 11.5 Å². The summed E-state index contributed by atoms with van der Waals surface area (Å²) in [7, 11) is 0. The Morgan fingerprint density at radius 1 is 1.04 bits per heavy atom. The molecular formula is C23H28N2O3. The van der Waals surface area contributed by atoms with E-state index in [9.17, 15) is 4.79 Å². The highest BCUT2D eigenvalue weighted by Crippen LogP contribution is 2.26. The van der Waals surface area contributed by atoms with Gasteiger partial charge in [0.1, 0.15) is 11.5 Å². The Kier molecular flexibility index (Phi) is 5.81. The lowest BCUT2D eigenvalue weighted by Gasteiger charge is -2.35. The van der Waals surface area contributed by atoms with Crippen LogP contribution in [0, 0.1) is 0 Å². The van der Waals surface area contributed by atoms with Crippen molar-refractivity contribution >= 4 is 5.91 Å². The molecule has 2 aromatic carbocycles. The van der Waals surface area contributed by atoms with Gasteiger partial charge in [0.15, 0.2) is 0 Å². The van der Waals surface area contributed by atoms with Crippen LogP contribution in [0.4, 0.5) is 0 Å². The lowest BCUT2D eigenvalue weighted by atomic mass is 10.1. The summed E-state index contributed by atoms with van der Waals surface area (Å²) in [5.74, 6) is 2.11. The van der Waals surface area contributed by atoms with E-state index in [1.165, 1.54) is 11.1 Å². The van der Waals surface area contributed by atoms with Gasteiger partial charge in [0.25, 0.3) is 0 Å². The fourth-order valence-electron chi connectivity index (χ4n) is 3.91. The molecule has 0 N–H and O–H groups in total. The molecule has 4 rings (SSSR count). The van der Waals surface area contributed by atoms with Crippen LogP contribution in [-0.2, 0) is 24.2 Å². The fraction of sp³-hybridized carbons (Fsp3) is 0.435. The second-order valence-corrected chi connectivity index (χ2v) is 7.45. The van der Waals surface area contributed by atoms with Gasteiger partial charge < -0.3 is 14.4 Å². The Labute approximate surface area is 166 Å². The van der Waals surface area contributed by atoms with Crippen LogP contribution in [0.3, 0.4) is 0 Å². The summed E-state index contributed by atoms with van der Waals surface area (Å²) in [6.07, 6.45) is 1.42. The molecule has 0 aliphatic carbocycles. The Hall–Kier alpha value is -2.53. The zero-order chi connectivity index (χ0) is 19.3. The molecule has 2 aromatic rings. The van der Waals surface area contributed by atoms with Gasteiger partial charge in [-0.2, -0.15) is 0 Å². The normalized spacial score (nSPS) is 16.5. The van der Waals surface area contributed by atoms with Crippen molar-refractivity contribution in [2.24, 2.45) is 0 Å². The second-order valence-electron chi connectivity index (χ2n) is 7.45. The first-order valence-electron chi connectivity index (χ1n) is 10.2. The first-order chi connectivity index (χ1) is 13.7. The van der Waals surface area contributed by atoms with Crippen LogP contribution in [0.1, 0.15) is 23.6 Å². The van der Waals surface area contributed by atoms with Crippen molar-refractivity contribution in [3.8, 4) is 11.5 Å². The molecule has 0 bridgehead atoms. The Morgan fingerprint density at radius 3 is 2.54 bits per heavy atom. The third kappa shape index (κ3) is 4.47. The number of hydrogen-bond donors (Lipinski definition) is 0. The van der Waals surface area contributed by atoms with E-state index in [4.69, 9.17) is 9.47 Å². The van der Waals surface area contributed by atoms with Crippen molar-refractivity contribution in [2.45, 2.75) is 26.3 Å². The molecule has 148 valence electrons. The summed E-state index contributed by atoms with van der Waals surface area (Å²) in [6.45, 7) is 7.77. The summed E-state index contributed by atoms with van der Waals surface area (Å²) < 4.78 is 11.0. The zero-order valence-electron chi connectivity index (χ0n) is 16.5. The van der Waals surface area contributed by atoms with Gasteiger partial charge in [0.05, 0.1) is 19.6 Å². The number of piperazine rings is 1. The maximum Gasteiger partial charge on any atom is 0.227 e. The molecule has 28 heavy (non-hydrogen) atoms. The molecule has 2 aliphatic rings. The predicted molar refractivity (Wildman–Crippen MR) is 109 cm³/mol. The molecule has 2 aliphatic heterocycles. The minimum atomic E-state index is 0.222. The van der Waals surface area contributed by atoms with Crippen molar-refractivity contribution in [3.63, 3.8) is 0 Å². The summed E-state index contributed by atoms with van der Waals surface area (Å²) in [6, 6.07) is 14.5. The average Bonchev–Trinajstić information content (AvgIpc) is 3.18. The van der Waals surface area contributed by atoms with Crippen LogP contribution >= 0.6 is 0 Å². The highest BCUT2D eigenvalue weighted by Gasteiger charge is 2.22. The molecule has 1 amide bonds. The van der Waals surface area contributed by atoms with Gasteiger partial charge in [-0.1, -0.05) is 24.3 Å². The molecule has 0 atom stereocenters. The first kappa shape index (κ1) is 18.8. The van der Waals surface area contributed by atoms with Crippen molar-refractivity contribution in [2.75, 3.05) is 39.4 Å². The average molecular weight is 380 g/mol. The minimum absolute atomic E-state index is 0.222. The van der Waals surface area contributed by atoms with Gasteiger partial charge in [0.2, 0.25) is 5.91 Å². The zero-order valence-corrected chi connectivity index (χ0v) is 16.5. The number of amides is 1. The van der Waals surface area contributed by atoms with Crippen molar-refractivity contribution in [1.29, 1.82) is 0 Å². The van der Waals surface area contributed by atoms with Crippen LogP contribution in [0.25, 0.3) is 0 Å². The Morgan fingerprint density at radius 2 is 1.79 bits per heavy atom. The Balaban J connectivity index is 1.26.